The topological polar surface area (TPSA) is 87.2 Å². The molecule has 3 aromatic rings. The van der Waals surface area contributed by atoms with Gasteiger partial charge in [0.25, 0.3) is 0 Å². The summed E-state index contributed by atoms with van der Waals surface area (Å²) in [5.74, 6) is 1.34. The molecule has 0 radical (unpaired) electrons. The van der Waals surface area contributed by atoms with Crippen molar-refractivity contribution in [2.75, 3.05) is 31.2 Å². The Bertz CT molecular complexity index is 1010. The molecule has 7 nitrogen and oxygen atoms in total. The number of rotatable bonds is 4. The first-order valence-corrected chi connectivity index (χ1v) is 9.01. The molecule has 2 heterocycles. The number of hydrogen-bond donors (Lipinski definition) is 1. The monoisotopic (exact) mass is 373 g/mol. The maximum Gasteiger partial charge on any atom is 0.232 e. The molecule has 0 atom stereocenters. The van der Waals surface area contributed by atoms with Gasteiger partial charge in [0.05, 0.1) is 24.5 Å². The lowest BCUT2D eigenvalue weighted by atomic mass is 10.1. The smallest absolute Gasteiger partial charge is 0.232 e. The number of phenols is 1. The minimum atomic E-state index is 0.178. The number of anilines is 1. The number of aromatic nitrogens is 3. The summed E-state index contributed by atoms with van der Waals surface area (Å²) in [5, 5.41) is 28.0. The number of para-hydroxylation sites is 1. The maximum atomic E-state index is 9.80. The van der Waals surface area contributed by atoms with Gasteiger partial charge in [-0.2, -0.15) is 5.26 Å². The van der Waals surface area contributed by atoms with Crippen LogP contribution < -0.4 is 4.90 Å². The van der Waals surface area contributed by atoms with Gasteiger partial charge in [0.1, 0.15) is 11.8 Å². The molecule has 1 aromatic heterocycles. The predicted octanol–water partition coefficient (Wildman–Crippen LogP) is 2.87. The number of hydrogen-bond acceptors (Lipinski definition) is 6. The van der Waals surface area contributed by atoms with Crippen molar-refractivity contribution in [3.63, 3.8) is 0 Å². The van der Waals surface area contributed by atoms with Crippen LogP contribution in [0.1, 0.15) is 11.4 Å². The number of nitrogens with zero attached hydrogens (tertiary/aromatic N) is 5. The predicted molar refractivity (Wildman–Crippen MR) is 106 cm³/mol. The Morgan fingerprint density at radius 1 is 1.04 bits per heavy atom. The van der Waals surface area contributed by atoms with E-state index < -0.39 is 0 Å². The Labute approximate surface area is 162 Å². The van der Waals surface area contributed by atoms with E-state index in [0.717, 1.165) is 11.3 Å². The highest BCUT2D eigenvalue weighted by Gasteiger charge is 2.23. The number of ether oxygens (including phenoxy) is 1. The molecule has 0 bridgehead atoms. The lowest BCUT2D eigenvalue weighted by molar-refractivity contribution is 0.122. The molecule has 0 saturated carbocycles. The average Bonchev–Trinajstić information content (AvgIpc) is 3.19. The van der Waals surface area contributed by atoms with E-state index in [9.17, 15) is 10.4 Å². The third-order valence-corrected chi connectivity index (χ3v) is 4.52. The summed E-state index contributed by atoms with van der Waals surface area (Å²) in [4.78, 5) is 2.11. The van der Waals surface area contributed by atoms with Gasteiger partial charge in [-0.3, -0.25) is 4.57 Å². The highest BCUT2D eigenvalue weighted by atomic mass is 16.5. The van der Waals surface area contributed by atoms with E-state index in [1.54, 1.807) is 30.3 Å². The van der Waals surface area contributed by atoms with Gasteiger partial charge in [-0.25, -0.2) is 0 Å². The van der Waals surface area contributed by atoms with Gasteiger partial charge < -0.3 is 14.7 Å². The Kier molecular flexibility index (Phi) is 5.04. The van der Waals surface area contributed by atoms with Crippen LogP contribution in [0.2, 0.25) is 0 Å². The Morgan fingerprint density at radius 2 is 1.75 bits per heavy atom. The number of allylic oxidation sites excluding steroid dienone is 1. The van der Waals surface area contributed by atoms with Gasteiger partial charge in [0.2, 0.25) is 5.95 Å². The number of nitriles is 1. The molecule has 0 unspecified atom stereocenters. The van der Waals surface area contributed by atoms with Crippen molar-refractivity contribution in [2.24, 2.45) is 0 Å². The number of benzene rings is 2. The third-order valence-electron chi connectivity index (χ3n) is 4.52. The molecular formula is C21H19N5O2. The van der Waals surface area contributed by atoms with E-state index in [1.807, 2.05) is 34.9 Å². The van der Waals surface area contributed by atoms with E-state index in [4.69, 9.17) is 4.74 Å². The van der Waals surface area contributed by atoms with Crippen molar-refractivity contribution in [1.82, 2.24) is 14.8 Å². The van der Waals surface area contributed by atoms with Crippen molar-refractivity contribution in [3.8, 4) is 17.5 Å². The van der Waals surface area contributed by atoms with E-state index in [-0.39, 0.29) is 5.75 Å². The number of phenolic OH excluding ortho intramolecular Hbond substituents is 1. The zero-order valence-electron chi connectivity index (χ0n) is 15.2. The molecule has 0 aliphatic carbocycles. The highest BCUT2D eigenvalue weighted by molar-refractivity contribution is 5.88. The van der Waals surface area contributed by atoms with Gasteiger partial charge in [-0.05, 0) is 35.9 Å². The summed E-state index contributed by atoms with van der Waals surface area (Å²) in [6.07, 6.45) is 1.74. The number of aromatic hydroxyl groups is 1. The standard InChI is InChI=1S/C21H19N5O2/c22-15-17(14-16-6-8-19(27)9-7-16)20-23-24-21(25-10-12-28-13-11-25)26(20)18-4-2-1-3-5-18/h1-9,14,27H,10-13H2. The zero-order chi connectivity index (χ0) is 19.3. The first-order valence-electron chi connectivity index (χ1n) is 9.01. The molecule has 1 aliphatic rings. The van der Waals surface area contributed by atoms with Gasteiger partial charge >= 0.3 is 0 Å². The van der Waals surface area contributed by atoms with Crippen LogP contribution in [0.3, 0.4) is 0 Å². The average molecular weight is 373 g/mol. The Hall–Kier alpha value is -3.63. The summed E-state index contributed by atoms with van der Waals surface area (Å²) >= 11 is 0. The van der Waals surface area contributed by atoms with Crippen LogP contribution in [-0.2, 0) is 4.74 Å². The van der Waals surface area contributed by atoms with E-state index in [1.165, 1.54) is 0 Å². The largest absolute Gasteiger partial charge is 0.508 e. The summed E-state index contributed by atoms with van der Waals surface area (Å²) in [7, 11) is 0. The quantitative estimate of drug-likeness (QED) is 0.708. The highest BCUT2D eigenvalue weighted by Crippen LogP contribution is 2.26. The second-order valence-electron chi connectivity index (χ2n) is 6.36. The third kappa shape index (κ3) is 3.59. The van der Waals surface area contributed by atoms with E-state index in [2.05, 4.69) is 21.2 Å². The maximum absolute atomic E-state index is 9.80. The fourth-order valence-electron chi connectivity index (χ4n) is 3.12. The van der Waals surface area contributed by atoms with Crippen LogP contribution in [-0.4, -0.2) is 46.2 Å². The lowest BCUT2D eigenvalue weighted by Gasteiger charge is -2.28. The summed E-state index contributed by atoms with van der Waals surface area (Å²) < 4.78 is 7.35. The van der Waals surface area contributed by atoms with Crippen LogP contribution in [0.5, 0.6) is 5.75 Å². The normalized spacial score (nSPS) is 14.7. The van der Waals surface area contributed by atoms with Gasteiger partial charge in [0.15, 0.2) is 5.82 Å². The molecule has 28 heavy (non-hydrogen) atoms. The van der Waals surface area contributed by atoms with E-state index in [0.29, 0.717) is 43.6 Å². The second kappa shape index (κ2) is 7.94. The van der Waals surface area contributed by atoms with Crippen LogP contribution in [0.25, 0.3) is 17.3 Å². The Balaban J connectivity index is 1.82. The fraction of sp³-hybridized carbons (Fsp3) is 0.190. The van der Waals surface area contributed by atoms with E-state index >= 15 is 0 Å². The molecule has 0 amide bonds. The summed E-state index contributed by atoms with van der Waals surface area (Å²) in [6.45, 7) is 2.69. The zero-order valence-corrected chi connectivity index (χ0v) is 15.2. The van der Waals surface area contributed by atoms with Gasteiger partial charge in [-0.1, -0.05) is 30.3 Å². The minimum Gasteiger partial charge on any atom is -0.508 e. The molecule has 1 fully saturated rings. The molecule has 7 heteroatoms. The lowest BCUT2D eigenvalue weighted by Crippen LogP contribution is -2.38. The minimum absolute atomic E-state index is 0.178. The summed E-state index contributed by atoms with van der Waals surface area (Å²) in [6, 6.07) is 18.7. The van der Waals surface area contributed by atoms with Crippen LogP contribution in [0, 0.1) is 11.3 Å². The van der Waals surface area contributed by atoms with Crippen molar-refractivity contribution in [2.45, 2.75) is 0 Å². The molecule has 140 valence electrons. The molecule has 1 saturated heterocycles. The van der Waals surface area contributed by atoms with Crippen LogP contribution >= 0.6 is 0 Å². The van der Waals surface area contributed by atoms with Crippen LogP contribution in [0.15, 0.2) is 54.6 Å². The number of morpholine rings is 1. The fourth-order valence-corrected chi connectivity index (χ4v) is 3.12. The SMILES string of the molecule is N#CC(=Cc1ccc(O)cc1)c1nnc(N2CCOCC2)n1-c1ccccc1. The molecule has 1 aliphatic heterocycles. The van der Waals surface area contributed by atoms with Crippen molar-refractivity contribution >= 4 is 17.6 Å². The van der Waals surface area contributed by atoms with Crippen molar-refractivity contribution < 1.29 is 9.84 Å². The van der Waals surface area contributed by atoms with Crippen LogP contribution in [0.4, 0.5) is 5.95 Å². The van der Waals surface area contributed by atoms with Gasteiger partial charge in [0, 0.05) is 13.1 Å². The summed E-state index contributed by atoms with van der Waals surface area (Å²) in [5.41, 5.74) is 2.07. The molecule has 2 aromatic carbocycles. The molecule has 1 N–H and O–H groups in total. The first-order chi connectivity index (χ1) is 13.8. The molecular weight excluding hydrogens is 354 g/mol. The van der Waals surface area contributed by atoms with Crippen molar-refractivity contribution in [1.29, 1.82) is 5.26 Å². The Morgan fingerprint density at radius 3 is 2.43 bits per heavy atom. The first kappa shape index (κ1) is 17.8. The van der Waals surface area contributed by atoms with Gasteiger partial charge in [-0.15, -0.1) is 10.2 Å². The molecule has 0 spiro atoms. The van der Waals surface area contributed by atoms with Crippen molar-refractivity contribution in [3.05, 3.63) is 66.0 Å². The molecule has 4 rings (SSSR count). The second-order valence-corrected chi connectivity index (χ2v) is 6.36.